The Morgan fingerprint density at radius 3 is 2.12 bits per heavy atom. The van der Waals surface area contributed by atoms with Gasteiger partial charge in [0, 0.05) is 12.1 Å². The lowest BCUT2D eigenvalue weighted by Crippen LogP contribution is -2.53. The molecule has 0 amide bonds. The topological polar surface area (TPSA) is 15.3 Å². The lowest BCUT2D eigenvalue weighted by molar-refractivity contribution is 0.0662. The van der Waals surface area contributed by atoms with Gasteiger partial charge in [0.1, 0.15) is 0 Å². The number of hydrogen-bond acceptors (Lipinski definition) is 2. The molecule has 0 heterocycles. The number of rotatable bonds is 4. The average Bonchev–Trinajstić information content (AvgIpc) is 2.29. The Balaban J connectivity index is 2.74. The van der Waals surface area contributed by atoms with Crippen molar-refractivity contribution < 1.29 is 0 Å². The molecule has 1 fully saturated rings. The van der Waals surface area contributed by atoms with E-state index in [1.54, 1.807) is 0 Å². The van der Waals surface area contributed by atoms with E-state index in [1.807, 2.05) is 0 Å². The zero-order valence-electron chi connectivity index (χ0n) is 12.7. The highest BCUT2D eigenvalue weighted by atomic mass is 15.2. The third-order valence-electron chi connectivity index (χ3n) is 4.69. The molecule has 1 aliphatic rings. The van der Waals surface area contributed by atoms with Crippen LogP contribution in [-0.2, 0) is 0 Å². The van der Waals surface area contributed by atoms with Crippen LogP contribution in [0.25, 0.3) is 0 Å². The summed E-state index contributed by atoms with van der Waals surface area (Å²) in [7, 11) is 2.12. The molecule has 2 nitrogen and oxygen atoms in total. The van der Waals surface area contributed by atoms with Crippen LogP contribution in [-0.4, -0.2) is 37.1 Å². The first-order valence-corrected chi connectivity index (χ1v) is 7.35. The van der Waals surface area contributed by atoms with Crippen molar-refractivity contribution in [1.82, 2.24) is 10.2 Å². The van der Waals surface area contributed by atoms with E-state index in [0.29, 0.717) is 11.5 Å². The second-order valence-corrected chi connectivity index (χ2v) is 6.56. The van der Waals surface area contributed by atoms with E-state index in [1.165, 1.54) is 32.4 Å². The summed E-state index contributed by atoms with van der Waals surface area (Å²) in [5.74, 6) is 0.873. The quantitative estimate of drug-likeness (QED) is 0.812. The molecule has 1 saturated carbocycles. The Morgan fingerprint density at radius 2 is 1.71 bits per heavy atom. The fourth-order valence-electron chi connectivity index (χ4n) is 3.37. The Kier molecular flexibility index (Phi) is 5.46. The lowest BCUT2D eigenvalue weighted by atomic mass is 9.69. The van der Waals surface area contributed by atoms with Gasteiger partial charge in [-0.15, -0.1) is 0 Å². The molecule has 0 spiro atoms. The molecule has 3 atom stereocenters. The van der Waals surface area contributed by atoms with Crippen LogP contribution in [0.5, 0.6) is 0 Å². The molecule has 0 bridgehead atoms. The predicted octanol–water partition coefficient (Wildman–Crippen LogP) is 3.13. The van der Waals surface area contributed by atoms with Crippen LogP contribution in [0.3, 0.4) is 0 Å². The second-order valence-electron chi connectivity index (χ2n) is 6.56. The van der Waals surface area contributed by atoms with E-state index in [0.717, 1.165) is 12.0 Å². The van der Waals surface area contributed by atoms with Gasteiger partial charge in [0.25, 0.3) is 0 Å². The maximum absolute atomic E-state index is 3.53. The summed E-state index contributed by atoms with van der Waals surface area (Å²) >= 11 is 0. The second kappa shape index (κ2) is 6.19. The number of hydrogen-bond donors (Lipinski definition) is 1. The van der Waals surface area contributed by atoms with Crippen molar-refractivity contribution in [2.45, 2.75) is 66.0 Å². The Labute approximate surface area is 108 Å². The van der Waals surface area contributed by atoms with E-state index >= 15 is 0 Å². The van der Waals surface area contributed by atoms with Crippen molar-refractivity contribution in [3.05, 3.63) is 0 Å². The molecular weight excluding hydrogens is 208 g/mol. The zero-order chi connectivity index (χ0) is 13.1. The van der Waals surface area contributed by atoms with Gasteiger partial charge in [0.05, 0.1) is 0 Å². The van der Waals surface area contributed by atoms with Crippen molar-refractivity contribution in [3.8, 4) is 0 Å². The summed E-state index contributed by atoms with van der Waals surface area (Å²) in [4.78, 5) is 2.64. The standard InChI is InChI=1S/C15H32N2/c1-7-17(8-2)14-11-12(15(3,4)5)9-10-13(14)16-6/h12-14,16H,7-11H2,1-6H3. The van der Waals surface area contributed by atoms with Crippen LogP contribution in [0.2, 0.25) is 0 Å². The summed E-state index contributed by atoms with van der Waals surface area (Å²) in [6.07, 6.45) is 4.07. The summed E-state index contributed by atoms with van der Waals surface area (Å²) in [5.41, 5.74) is 0.462. The molecule has 2 heteroatoms. The normalized spacial score (nSPS) is 30.9. The van der Waals surface area contributed by atoms with Crippen molar-refractivity contribution in [1.29, 1.82) is 0 Å². The lowest BCUT2D eigenvalue weighted by Gasteiger charge is -2.46. The van der Waals surface area contributed by atoms with Crippen LogP contribution >= 0.6 is 0 Å². The largest absolute Gasteiger partial charge is 0.315 e. The first kappa shape index (κ1) is 15.0. The van der Waals surface area contributed by atoms with E-state index in [9.17, 15) is 0 Å². The van der Waals surface area contributed by atoms with E-state index in [4.69, 9.17) is 0 Å². The molecule has 3 unspecified atom stereocenters. The summed E-state index contributed by atoms with van der Waals surface area (Å²) in [6, 6.07) is 1.42. The highest BCUT2D eigenvalue weighted by Gasteiger charge is 2.37. The maximum Gasteiger partial charge on any atom is 0.0251 e. The number of nitrogens with zero attached hydrogens (tertiary/aromatic N) is 1. The highest BCUT2D eigenvalue weighted by Crippen LogP contribution is 2.39. The minimum atomic E-state index is 0.462. The molecule has 1 rings (SSSR count). The number of nitrogens with one attached hydrogen (secondary N) is 1. The SMILES string of the molecule is CCN(CC)C1CC(C(C)(C)C)CCC1NC. The minimum absolute atomic E-state index is 0.462. The molecule has 1 aliphatic carbocycles. The predicted molar refractivity (Wildman–Crippen MR) is 76.4 cm³/mol. The fraction of sp³-hybridized carbons (Fsp3) is 1.00. The van der Waals surface area contributed by atoms with Gasteiger partial charge in [-0.1, -0.05) is 34.6 Å². The molecular formula is C15H32N2. The van der Waals surface area contributed by atoms with Gasteiger partial charge in [-0.2, -0.15) is 0 Å². The maximum atomic E-state index is 3.53. The molecule has 102 valence electrons. The Hall–Kier alpha value is -0.0800. The summed E-state index contributed by atoms with van der Waals surface area (Å²) < 4.78 is 0. The summed E-state index contributed by atoms with van der Waals surface area (Å²) in [5, 5.41) is 3.53. The van der Waals surface area contributed by atoms with Gasteiger partial charge in [-0.25, -0.2) is 0 Å². The van der Waals surface area contributed by atoms with E-state index < -0.39 is 0 Å². The molecule has 0 saturated heterocycles. The van der Waals surface area contributed by atoms with Crippen molar-refractivity contribution in [2.24, 2.45) is 11.3 Å². The van der Waals surface area contributed by atoms with Gasteiger partial charge < -0.3 is 5.32 Å². The van der Waals surface area contributed by atoms with Gasteiger partial charge >= 0.3 is 0 Å². The highest BCUT2D eigenvalue weighted by molar-refractivity contribution is 4.93. The molecule has 0 aromatic heterocycles. The van der Waals surface area contributed by atoms with Crippen LogP contribution < -0.4 is 5.32 Å². The molecule has 0 radical (unpaired) electrons. The van der Waals surface area contributed by atoms with E-state index in [2.05, 4.69) is 51.9 Å². The van der Waals surface area contributed by atoms with Crippen LogP contribution in [0, 0.1) is 11.3 Å². The smallest absolute Gasteiger partial charge is 0.0251 e. The van der Waals surface area contributed by atoms with Gasteiger partial charge in [0.15, 0.2) is 0 Å². The van der Waals surface area contributed by atoms with Crippen molar-refractivity contribution >= 4 is 0 Å². The van der Waals surface area contributed by atoms with Gasteiger partial charge in [-0.3, -0.25) is 4.90 Å². The number of likely N-dealkylation sites (N-methyl/N-ethyl adjacent to an activating group) is 2. The van der Waals surface area contributed by atoms with Crippen LogP contribution in [0.4, 0.5) is 0 Å². The molecule has 17 heavy (non-hydrogen) atoms. The minimum Gasteiger partial charge on any atom is -0.315 e. The zero-order valence-corrected chi connectivity index (χ0v) is 12.7. The molecule has 0 aromatic rings. The first-order valence-electron chi connectivity index (χ1n) is 7.35. The van der Waals surface area contributed by atoms with Gasteiger partial charge in [0.2, 0.25) is 0 Å². The third kappa shape index (κ3) is 3.69. The van der Waals surface area contributed by atoms with E-state index in [-0.39, 0.29) is 0 Å². The molecule has 1 N–H and O–H groups in total. The third-order valence-corrected chi connectivity index (χ3v) is 4.69. The van der Waals surface area contributed by atoms with Gasteiger partial charge in [-0.05, 0) is 50.7 Å². The Bertz CT molecular complexity index is 208. The van der Waals surface area contributed by atoms with Crippen LogP contribution in [0.15, 0.2) is 0 Å². The fourth-order valence-corrected chi connectivity index (χ4v) is 3.37. The van der Waals surface area contributed by atoms with Crippen molar-refractivity contribution in [3.63, 3.8) is 0 Å². The van der Waals surface area contributed by atoms with Crippen molar-refractivity contribution in [2.75, 3.05) is 20.1 Å². The summed E-state index contributed by atoms with van der Waals surface area (Å²) in [6.45, 7) is 14.1. The first-order chi connectivity index (χ1) is 7.93. The molecule has 0 aromatic carbocycles. The Morgan fingerprint density at radius 1 is 1.12 bits per heavy atom. The monoisotopic (exact) mass is 240 g/mol. The average molecular weight is 240 g/mol. The molecule has 0 aliphatic heterocycles. The van der Waals surface area contributed by atoms with Crippen LogP contribution in [0.1, 0.15) is 53.9 Å².